The molecule has 1 aromatic rings. The summed E-state index contributed by atoms with van der Waals surface area (Å²) in [4.78, 5) is 23.3. The first-order valence-corrected chi connectivity index (χ1v) is 7.15. The van der Waals surface area contributed by atoms with Crippen LogP contribution < -0.4 is 5.32 Å². The molecule has 0 spiro atoms. The lowest BCUT2D eigenvalue weighted by Gasteiger charge is -2.21. The van der Waals surface area contributed by atoms with Crippen LogP contribution in [0.25, 0.3) is 0 Å². The lowest BCUT2D eigenvalue weighted by Crippen LogP contribution is -2.36. The molecule has 0 saturated heterocycles. The molecule has 1 aliphatic rings. The Morgan fingerprint density at radius 3 is 2.55 bits per heavy atom. The Morgan fingerprint density at radius 2 is 2.00 bits per heavy atom. The number of carboxylic acid groups (broad SMARTS) is 1. The van der Waals surface area contributed by atoms with Gasteiger partial charge in [-0.1, -0.05) is 43.7 Å². The first kappa shape index (κ1) is 14.6. The summed E-state index contributed by atoms with van der Waals surface area (Å²) >= 11 is 0. The molecule has 1 saturated carbocycles. The van der Waals surface area contributed by atoms with Crippen molar-refractivity contribution < 1.29 is 14.7 Å². The fourth-order valence-corrected chi connectivity index (χ4v) is 2.93. The van der Waals surface area contributed by atoms with Crippen LogP contribution in [0, 0.1) is 11.8 Å². The van der Waals surface area contributed by atoms with E-state index in [0.717, 1.165) is 24.8 Å². The van der Waals surface area contributed by atoms with E-state index < -0.39 is 12.0 Å². The third-order valence-corrected chi connectivity index (χ3v) is 4.10. The van der Waals surface area contributed by atoms with Crippen LogP contribution in [0.4, 0.5) is 0 Å². The number of hydrogen-bond donors (Lipinski definition) is 2. The van der Waals surface area contributed by atoms with Crippen LogP contribution in [0.5, 0.6) is 0 Å². The van der Waals surface area contributed by atoms with Crippen molar-refractivity contribution in [1.29, 1.82) is 0 Å². The molecule has 2 N–H and O–H groups in total. The van der Waals surface area contributed by atoms with Crippen LogP contribution in [0.15, 0.2) is 30.3 Å². The third kappa shape index (κ3) is 3.59. The van der Waals surface area contributed by atoms with Crippen LogP contribution in [0.2, 0.25) is 0 Å². The van der Waals surface area contributed by atoms with E-state index in [4.69, 9.17) is 5.11 Å². The van der Waals surface area contributed by atoms with Gasteiger partial charge in [0.1, 0.15) is 0 Å². The summed E-state index contributed by atoms with van der Waals surface area (Å²) in [6.45, 7) is 2.09. The van der Waals surface area contributed by atoms with Crippen molar-refractivity contribution in [3.8, 4) is 0 Å². The van der Waals surface area contributed by atoms with Gasteiger partial charge in [0.25, 0.3) is 0 Å². The number of aliphatic carboxylic acids is 1. The maximum Gasteiger partial charge on any atom is 0.305 e. The Labute approximate surface area is 119 Å². The van der Waals surface area contributed by atoms with Crippen LogP contribution in [-0.2, 0) is 9.59 Å². The van der Waals surface area contributed by atoms with E-state index in [0.29, 0.717) is 5.92 Å². The molecule has 4 heteroatoms. The fraction of sp³-hybridized carbons (Fsp3) is 0.500. The zero-order valence-corrected chi connectivity index (χ0v) is 11.7. The van der Waals surface area contributed by atoms with E-state index >= 15 is 0 Å². The van der Waals surface area contributed by atoms with Gasteiger partial charge in [-0.15, -0.1) is 0 Å². The molecule has 1 amide bonds. The van der Waals surface area contributed by atoms with Gasteiger partial charge in [0.15, 0.2) is 0 Å². The van der Waals surface area contributed by atoms with Crippen LogP contribution in [0.1, 0.15) is 44.2 Å². The molecule has 1 fully saturated rings. The minimum atomic E-state index is -0.904. The summed E-state index contributed by atoms with van der Waals surface area (Å²) in [7, 11) is 0. The standard InChI is InChI=1S/C16H21NO3/c1-11-6-5-9-13(11)16(20)17-14(10-15(18)19)12-7-3-2-4-8-12/h2-4,7-8,11,13-14H,5-6,9-10H2,1H3,(H,17,20)(H,18,19). The van der Waals surface area contributed by atoms with Crippen molar-refractivity contribution in [2.75, 3.05) is 0 Å². The number of carboxylic acids is 1. The van der Waals surface area contributed by atoms with Gasteiger partial charge in [-0.25, -0.2) is 0 Å². The highest BCUT2D eigenvalue weighted by Crippen LogP contribution is 2.32. The average molecular weight is 275 g/mol. The molecule has 20 heavy (non-hydrogen) atoms. The predicted octanol–water partition coefficient (Wildman–Crippen LogP) is 2.75. The quantitative estimate of drug-likeness (QED) is 0.868. The maximum absolute atomic E-state index is 12.3. The molecule has 3 atom stereocenters. The second kappa shape index (κ2) is 6.55. The molecule has 0 heterocycles. The normalized spacial score (nSPS) is 23.2. The molecule has 108 valence electrons. The SMILES string of the molecule is CC1CCCC1C(=O)NC(CC(=O)O)c1ccccc1. The molecule has 1 aliphatic carbocycles. The topological polar surface area (TPSA) is 66.4 Å². The van der Waals surface area contributed by atoms with Gasteiger partial charge in [0, 0.05) is 5.92 Å². The summed E-state index contributed by atoms with van der Waals surface area (Å²) in [6, 6.07) is 8.84. The Bertz CT molecular complexity index is 472. The van der Waals surface area contributed by atoms with Crippen molar-refractivity contribution in [2.24, 2.45) is 11.8 Å². The van der Waals surface area contributed by atoms with Gasteiger partial charge < -0.3 is 10.4 Å². The molecule has 0 aromatic heterocycles. The van der Waals surface area contributed by atoms with Crippen LogP contribution in [0.3, 0.4) is 0 Å². The molecule has 2 rings (SSSR count). The van der Waals surface area contributed by atoms with Crippen molar-refractivity contribution in [2.45, 2.75) is 38.6 Å². The summed E-state index contributed by atoms with van der Waals surface area (Å²) in [5.74, 6) is -0.505. The first-order chi connectivity index (χ1) is 9.58. The van der Waals surface area contributed by atoms with E-state index in [2.05, 4.69) is 12.2 Å². The van der Waals surface area contributed by atoms with Crippen molar-refractivity contribution >= 4 is 11.9 Å². The van der Waals surface area contributed by atoms with Gasteiger partial charge in [0.05, 0.1) is 12.5 Å². The second-order valence-corrected chi connectivity index (χ2v) is 5.58. The summed E-state index contributed by atoms with van der Waals surface area (Å²) in [5.41, 5.74) is 0.842. The van der Waals surface area contributed by atoms with Crippen molar-refractivity contribution in [3.63, 3.8) is 0 Å². The van der Waals surface area contributed by atoms with E-state index in [1.165, 1.54) is 0 Å². The van der Waals surface area contributed by atoms with E-state index in [1.807, 2.05) is 30.3 Å². The van der Waals surface area contributed by atoms with Crippen LogP contribution >= 0.6 is 0 Å². The van der Waals surface area contributed by atoms with Gasteiger partial charge in [-0.2, -0.15) is 0 Å². The zero-order chi connectivity index (χ0) is 14.5. The number of carbonyl (C=O) groups is 2. The molecular formula is C16H21NO3. The fourth-order valence-electron chi connectivity index (χ4n) is 2.93. The highest BCUT2D eigenvalue weighted by molar-refractivity contribution is 5.80. The summed E-state index contributed by atoms with van der Waals surface area (Å²) in [6.07, 6.45) is 2.97. The van der Waals surface area contributed by atoms with Crippen molar-refractivity contribution in [1.82, 2.24) is 5.32 Å². The minimum absolute atomic E-state index is 0.00916. The number of benzene rings is 1. The van der Waals surface area contributed by atoms with Gasteiger partial charge in [-0.05, 0) is 24.3 Å². The lowest BCUT2D eigenvalue weighted by atomic mass is 9.95. The van der Waals surface area contributed by atoms with Crippen molar-refractivity contribution in [3.05, 3.63) is 35.9 Å². The lowest BCUT2D eigenvalue weighted by molar-refractivity contribution is -0.138. The molecule has 3 unspecified atom stereocenters. The molecule has 1 aromatic carbocycles. The Balaban J connectivity index is 2.08. The molecule has 4 nitrogen and oxygen atoms in total. The second-order valence-electron chi connectivity index (χ2n) is 5.58. The number of rotatable bonds is 5. The Morgan fingerprint density at radius 1 is 1.30 bits per heavy atom. The van der Waals surface area contributed by atoms with Gasteiger partial charge >= 0.3 is 5.97 Å². The number of nitrogens with one attached hydrogen (secondary N) is 1. The minimum Gasteiger partial charge on any atom is -0.481 e. The maximum atomic E-state index is 12.3. The highest BCUT2D eigenvalue weighted by atomic mass is 16.4. The van der Waals surface area contributed by atoms with E-state index in [-0.39, 0.29) is 18.2 Å². The monoisotopic (exact) mass is 275 g/mol. The Kier molecular flexibility index (Phi) is 4.77. The highest BCUT2D eigenvalue weighted by Gasteiger charge is 2.31. The average Bonchev–Trinajstić information content (AvgIpc) is 2.85. The van der Waals surface area contributed by atoms with Gasteiger partial charge in [-0.3, -0.25) is 9.59 Å². The van der Waals surface area contributed by atoms with Crippen LogP contribution in [-0.4, -0.2) is 17.0 Å². The van der Waals surface area contributed by atoms with E-state index in [9.17, 15) is 9.59 Å². The summed E-state index contributed by atoms with van der Waals surface area (Å²) < 4.78 is 0. The number of carbonyl (C=O) groups excluding carboxylic acids is 1. The van der Waals surface area contributed by atoms with E-state index in [1.54, 1.807) is 0 Å². The zero-order valence-electron chi connectivity index (χ0n) is 11.7. The largest absolute Gasteiger partial charge is 0.481 e. The third-order valence-electron chi connectivity index (χ3n) is 4.10. The number of hydrogen-bond acceptors (Lipinski definition) is 2. The molecule has 0 radical (unpaired) electrons. The first-order valence-electron chi connectivity index (χ1n) is 7.15. The number of amides is 1. The molecular weight excluding hydrogens is 254 g/mol. The Hall–Kier alpha value is -1.84. The van der Waals surface area contributed by atoms with Gasteiger partial charge in [0.2, 0.25) is 5.91 Å². The smallest absolute Gasteiger partial charge is 0.305 e. The molecule has 0 aliphatic heterocycles. The molecule has 0 bridgehead atoms. The predicted molar refractivity (Wildman–Crippen MR) is 76.1 cm³/mol. The summed E-state index contributed by atoms with van der Waals surface area (Å²) in [5, 5.41) is 11.9.